The van der Waals surface area contributed by atoms with Crippen molar-refractivity contribution < 1.29 is 9.18 Å². The Morgan fingerprint density at radius 2 is 2.00 bits per heavy atom. The van der Waals surface area contributed by atoms with Gasteiger partial charge in [-0.15, -0.1) is 11.3 Å². The summed E-state index contributed by atoms with van der Waals surface area (Å²) in [6, 6.07) is -0.127. The number of alkyl halides is 1. The second kappa shape index (κ2) is 6.99. The van der Waals surface area contributed by atoms with Gasteiger partial charge >= 0.3 is 11.7 Å². The smallest absolute Gasteiger partial charge is 0.332 e. The molecule has 1 saturated heterocycles. The monoisotopic (exact) mass is 368 g/mol. The molecule has 1 N–H and O–H groups in total. The van der Waals surface area contributed by atoms with Crippen LogP contribution in [-0.2, 0) is 19.6 Å². The van der Waals surface area contributed by atoms with Crippen LogP contribution >= 0.6 is 11.3 Å². The minimum Gasteiger partial charge on any atom is -0.336 e. The summed E-state index contributed by atoms with van der Waals surface area (Å²) in [5.74, 6) is 0. The number of halogens is 1. The number of thiophene rings is 1. The lowest BCUT2D eigenvalue weighted by Gasteiger charge is -2.12. The Labute approximate surface area is 147 Å². The Balaban J connectivity index is 2.17. The topological polar surface area (TPSA) is 76.3 Å². The van der Waals surface area contributed by atoms with Gasteiger partial charge < -0.3 is 10.2 Å². The van der Waals surface area contributed by atoms with Crippen LogP contribution in [-0.4, -0.2) is 39.8 Å². The second-order valence-electron chi connectivity index (χ2n) is 6.01. The van der Waals surface area contributed by atoms with E-state index in [1.54, 1.807) is 11.8 Å². The van der Waals surface area contributed by atoms with E-state index in [2.05, 4.69) is 5.32 Å². The van der Waals surface area contributed by atoms with Crippen molar-refractivity contribution in [3.63, 3.8) is 0 Å². The van der Waals surface area contributed by atoms with Crippen LogP contribution in [0.1, 0.15) is 23.8 Å². The Hall–Kier alpha value is -2.16. The van der Waals surface area contributed by atoms with E-state index >= 15 is 0 Å². The van der Waals surface area contributed by atoms with Crippen LogP contribution in [0.5, 0.6) is 0 Å². The zero-order chi connectivity index (χ0) is 18.1. The summed E-state index contributed by atoms with van der Waals surface area (Å²) in [6.45, 7) is 5.17. The van der Waals surface area contributed by atoms with Crippen LogP contribution in [0.25, 0.3) is 10.2 Å². The lowest BCUT2D eigenvalue weighted by molar-refractivity contribution is 0.216. The minimum atomic E-state index is -0.523. The van der Waals surface area contributed by atoms with Gasteiger partial charge in [-0.05, 0) is 25.8 Å². The van der Waals surface area contributed by atoms with Crippen molar-refractivity contribution in [1.82, 2.24) is 19.4 Å². The Bertz CT molecular complexity index is 930. The van der Waals surface area contributed by atoms with Crippen molar-refractivity contribution in [2.75, 3.05) is 19.8 Å². The number of nitrogens with zero attached hydrogens (tertiary/aromatic N) is 3. The number of urea groups is 1. The van der Waals surface area contributed by atoms with E-state index in [1.807, 2.05) is 6.92 Å². The first-order chi connectivity index (χ1) is 12.0. The van der Waals surface area contributed by atoms with Crippen molar-refractivity contribution >= 4 is 27.6 Å². The van der Waals surface area contributed by atoms with Crippen LogP contribution in [0.15, 0.2) is 9.59 Å². The van der Waals surface area contributed by atoms with Crippen molar-refractivity contribution in [2.45, 2.75) is 39.9 Å². The lowest BCUT2D eigenvalue weighted by Crippen LogP contribution is -2.39. The molecule has 3 rings (SSSR count). The molecule has 0 bridgehead atoms. The van der Waals surface area contributed by atoms with E-state index in [1.165, 1.54) is 20.5 Å². The Morgan fingerprint density at radius 3 is 2.60 bits per heavy atom. The molecular formula is C16H21FN4O3S. The van der Waals surface area contributed by atoms with E-state index in [0.717, 1.165) is 10.4 Å². The molecule has 2 aromatic heterocycles. The van der Waals surface area contributed by atoms with E-state index < -0.39 is 12.4 Å². The first-order valence-electron chi connectivity index (χ1n) is 8.34. The van der Waals surface area contributed by atoms with Crippen molar-refractivity contribution in [2.24, 2.45) is 0 Å². The number of amides is 2. The molecule has 9 heteroatoms. The van der Waals surface area contributed by atoms with Crippen molar-refractivity contribution in [3.8, 4) is 0 Å². The molecule has 0 unspecified atom stereocenters. The maximum atomic E-state index is 12.7. The number of nitrogens with one attached hydrogen (secondary N) is 1. The third-order valence-electron chi connectivity index (χ3n) is 4.50. The molecule has 0 radical (unpaired) electrons. The largest absolute Gasteiger partial charge is 0.336 e. The molecule has 136 valence electrons. The van der Waals surface area contributed by atoms with Gasteiger partial charge in [0.05, 0.1) is 18.6 Å². The fourth-order valence-electron chi connectivity index (χ4n) is 3.12. The van der Waals surface area contributed by atoms with Crippen LogP contribution < -0.4 is 16.6 Å². The van der Waals surface area contributed by atoms with Gasteiger partial charge in [0.15, 0.2) is 0 Å². The van der Waals surface area contributed by atoms with Gasteiger partial charge in [0.2, 0.25) is 0 Å². The molecule has 1 aliphatic heterocycles. The molecule has 0 saturated carbocycles. The maximum absolute atomic E-state index is 12.7. The number of carbonyl (C=O) groups excluding carboxylic acids is 1. The normalized spacial score (nSPS) is 14.5. The molecule has 3 heterocycles. The van der Waals surface area contributed by atoms with Gasteiger partial charge in [-0.3, -0.25) is 18.3 Å². The summed E-state index contributed by atoms with van der Waals surface area (Å²) < 4.78 is 15.3. The third kappa shape index (κ3) is 2.97. The highest BCUT2D eigenvalue weighted by Crippen LogP contribution is 2.29. The maximum Gasteiger partial charge on any atom is 0.332 e. The second-order valence-corrected chi connectivity index (χ2v) is 7.09. The number of rotatable bonds is 6. The zero-order valence-electron chi connectivity index (χ0n) is 14.3. The molecule has 1 aliphatic rings. The highest BCUT2D eigenvalue weighted by atomic mass is 32.1. The average molecular weight is 368 g/mol. The number of carbonyl (C=O) groups is 1. The first kappa shape index (κ1) is 17.7. The average Bonchev–Trinajstić information content (AvgIpc) is 3.12. The summed E-state index contributed by atoms with van der Waals surface area (Å²) in [6.07, 6.45) is 0.220. The van der Waals surface area contributed by atoms with E-state index in [4.69, 9.17) is 0 Å². The number of aryl methyl sites for hydroxylation is 2. The van der Waals surface area contributed by atoms with Crippen molar-refractivity contribution in [1.29, 1.82) is 0 Å². The summed E-state index contributed by atoms with van der Waals surface area (Å²) in [4.78, 5) is 40.2. The summed E-state index contributed by atoms with van der Waals surface area (Å²) in [5, 5.41) is 3.25. The molecule has 0 aliphatic carbocycles. The van der Waals surface area contributed by atoms with Crippen LogP contribution in [0.4, 0.5) is 9.18 Å². The lowest BCUT2D eigenvalue weighted by atomic mass is 10.2. The molecule has 7 nitrogen and oxygen atoms in total. The number of aromatic nitrogens is 2. The first-order valence-corrected chi connectivity index (χ1v) is 9.15. The summed E-state index contributed by atoms with van der Waals surface area (Å²) in [7, 11) is 0. The van der Waals surface area contributed by atoms with Gasteiger partial charge in [-0.2, -0.15) is 0 Å². The summed E-state index contributed by atoms with van der Waals surface area (Å²) in [5.41, 5.74) is 0.0749. The van der Waals surface area contributed by atoms with Crippen LogP contribution in [0, 0.1) is 6.92 Å². The fourth-order valence-corrected chi connectivity index (χ4v) is 4.45. The van der Waals surface area contributed by atoms with Gasteiger partial charge in [0.25, 0.3) is 5.56 Å². The molecule has 0 aromatic carbocycles. The molecule has 2 aromatic rings. The van der Waals surface area contributed by atoms with Crippen LogP contribution in [0.3, 0.4) is 0 Å². The SMILES string of the molecule is CCn1c(=O)c2c(C)c(CN3CCNC3=O)sc2n(CCCF)c1=O. The van der Waals surface area contributed by atoms with E-state index in [0.29, 0.717) is 29.9 Å². The third-order valence-corrected chi connectivity index (χ3v) is 5.80. The van der Waals surface area contributed by atoms with Gasteiger partial charge in [0.1, 0.15) is 4.83 Å². The fraction of sp³-hybridized carbons (Fsp3) is 0.562. The summed E-state index contributed by atoms with van der Waals surface area (Å²) >= 11 is 1.34. The molecule has 0 atom stereocenters. The minimum absolute atomic E-state index is 0.127. The highest BCUT2D eigenvalue weighted by molar-refractivity contribution is 7.18. The van der Waals surface area contributed by atoms with Crippen molar-refractivity contribution in [3.05, 3.63) is 31.3 Å². The quantitative estimate of drug-likeness (QED) is 0.838. The number of fused-ring (bicyclic) bond motifs is 1. The van der Waals surface area contributed by atoms with Gasteiger partial charge in [-0.1, -0.05) is 0 Å². The van der Waals surface area contributed by atoms with Gasteiger partial charge in [0, 0.05) is 31.1 Å². The molecule has 2 amide bonds. The predicted molar refractivity (Wildman–Crippen MR) is 95.2 cm³/mol. The Morgan fingerprint density at radius 1 is 1.24 bits per heavy atom. The Kier molecular flexibility index (Phi) is 4.94. The molecule has 1 fully saturated rings. The van der Waals surface area contributed by atoms with E-state index in [9.17, 15) is 18.8 Å². The predicted octanol–water partition coefficient (Wildman–Crippen LogP) is 1.44. The molecule has 25 heavy (non-hydrogen) atoms. The van der Waals surface area contributed by atoms with Gasteiger partial charge in [-0.25, -0.2) is 9.59 Å². The standard InChI is InChI=1S/C16H21FN4O3S/c1-3-20-13(22)12-10(2)11(9-19-8-6-18-15(19)23)25-14(12)21(16(20)24)7-4-5-17/h3-9H2,1-2H3,(H,18,23). The highest BCUT2D eigenvalue weighted by Gasteiger charge is 2.24. The van der Waals surface area contributed by atoms with Crippen LogP contribution in [0.2, 0.25) is 0 Å². The number of hydrogen-bond donors (Lipinski definition) is 1. The van der Waals surface area contributed by atoms with E-state index in [-0.39, 0.29) is 31.1 Å². The molecular weight excluding hydrogens is 347 g/mol. The zero-order valence-corrected chi connectivity index (χ0v) is 15.1. The number of hydrogen-bond acceptors (Lipinski definition) is 4. The molecule has 0 spiro atoms.